The highest BCUT2D eigenvalue weighted by atomic mass is 35.5. The monoisotopic (exact) mass is 398 g/mol. The maximum Gasteiger partial charge on any atom is 0.274 e. The van der Waals surface area contributed by atoms with Crippen molar-refractivity contribution in [3.63, 3.8) is 0 Å². The van der Waals surface area contributed by atoms with Gasteiger partial charge in [0.05, 0.1) is 0 Å². The van der Waals surface area contributed by atoms with Gasteiger partial charge in [-0.25, -0.2) is 0 Å². The molecule has 3 aromatic rings. The summed E-state index contributed by atoms with van der Waals surface area (Å²) >= 11 is 5.94. The summed E-state index contributed by atoms with van der Waals surface area (Å²) in [7, 11) is 0. The third kappa shape index (κ3) is 3.83. The third-order valence-electron chi connectivity index (χ3n) is 5.30. The second-order valence-electron chi connectivity index (χ2n) is 7.10. The number of amides is 1. The van der Waals surface area contributed by atoms with Gasteiger partial charge in [0.2, 0.25) is 11.7 Å². The van der Waals surface area contributed by atoms with Crippen LogP contribution in [-0.2, 0) is 11.3 Å². The minimum atomic E-state index is 0.140. The number of hydrogen-bond donors (Lipinski definition) is 0. The quantitative estimate of drug-likeness (QED) is 0.627. The van der Waals surface area contributed by atoms with E-state index in [1.165, 1.54) is 6.42 Å². The minimum Gasteiger partial charge on any atom is -0.338 e. The Kier molecular flexibility index (Phi) is 5.48. The average Bonchev–Trinajstić information content (AvgIpc) is 3.38. The first-order valence-corrected chi connectivity index (χ1v) is 10.1. The van der Waals surface area contributed by atoms with Gasteiger partial charge < -0.3 is 14.0 Å². The lowest BCUT2D eigenvalue weighted by atomic mass is 10.00. The van der Waals surface area contributed by atoms with Gasteiger partial charge in [-0.3, -0.25) is 4.79 Å². The van der Waals surface area contributed by atoms with Gasteiger partial charge in [-0.2, -0.15) is 4.98 Å². The first kappa shape index (κ1) is 18.7. The highest BCUT2D eigenvalue weighted by molar-refractivity contribution is 6.30. The number of carbonyl (C=O) groups is 1. The number of halogens is 1. The molecule has 1 aliphatic rings. The molecule has 1 atom stereocenters. The molecule has 4 rings (SSSR count). The molecule has 1 saturated heterocycles. The molecular formula is C21H23ClN4O2. The fourth-order valence-corrected chi connectivity index (χ4v) is 3.91. The summed E-state index contributed by atoms with van der Waals surface area (Å²) in [5.74, 6) is 1.03. The van der Waals surface area contributed by atoms with Crippen LogP contribution in [0.5, 0.6) is 0 Å². The van der Waals surface area contributed by atoms with E-state index in [2.05, 4.69) is 17.1 Å². The molecule has 0 N–H and O–H groups in total. The van der Waals surface area contributed by atoms with Crippen LogP contribution >= 0.6 is 11.6 Å². The van der Waals surface area contributed by atoms with Gasteiger partial charge in [-0.1, -0.05) is 23.7 Å². The van der Waals surface area contributed by atoms with Crippen LogP contribution in [0.3, 0.4) is 0 Å². The third-order valence-corrected chi connectivity index (χ3v) is 5.55. The van der Waals surface area contributed by atoms with Crippen molar-refractivity contribution in [3.8, 4) is 23.0 Å². The van der Waals surface area contributed by atoms with Crippen molar-refractivity contribution >= 4 is 17.5 Å². The summed E-state index contributed by atoms with van der Waals surface area (Å²) in [6, 6.07) is 11.4. The van der Waals surface area contributed by atoms with Crippen molar-refractivity contribution in [2.45, 2.75) is 45.2 Å². The summed E-state index contributed by atoms with van der Waals surface area (Å²) in [4.78, 5) is 19.4. The van der Waals surface area contributed by atoms with Crippen LogP contribution in [0.1, 0.15) is 32.6 Å². The summed E-state index contributed by atoms with van der Waals surface area (Å²) < 4.78 is 7.34. The molecule has 0 bridgehead atoms. The van der Waals surface area contributed by atoms with Crippen LogP contribution < -0.4 is 0 Å². The van der Waals surface area contributed by atoms with E-state index >= 15 is 0 Å². The molecule has 0 aliphatic carbocycles. The molecule has 1 unspecified atom stereocenters. The molecule has 6 nitrogen and oxygen atoms in total. The van der Waals surface area contributed by atoms with Crippen molar-refractivity contribution in [1.29, 1.82) is 0 Å². The number of aromatic nitrogens is 3. The van der Waals surface area contributed by atoms with E-state index in [0.29, 0.717) is 22.8 Å². The van der Waals surface area contributed by atoms with Crippen LogP contribution in [0.15, 0.2) is 47.1 Å². The Morgan fingerprint density at radius 1 is 1.25 bits per heavy atom. The van der Waals surface area contributed by atoms with Gasteiger partial charge in [-0.15, -0.1) is 0 Å². The second-order valence-corrected chi connectivity index (χ2v) is 7.53. The summed E-state index contributed by atoms with van der Waals surface area (Å²) in [6.07, 6.45) is 6.25. The summed E-state index contributed by atoms with van der Waals surface area (Å²) in [5, 5.41) is 4.73. The zero-order chi connectivity index (χ0) is 19.5. The van der Waals surface area contributed by atoms with Crippen LogP contribution in [0, 0.1) is 0 Å². The van der Waals surface area contributed by atoms with Gasteiger partial charge in [0.1, 0.15) is 12.2 Å². The van der Waals surface area contributed by atoms with Crippen LogP contribution in [0.2, 0.25) is 5.02 Å². The maximum atomic E-state index is 12.9. The minimum absolute atomic E-state index is 0.140. The molecule has 28 heavy (non-hydrogen) atoms. The van der Waals surface area contributed by atoms with Crippen LogP contribution in [0.4, 0.5) is 0 Å². The van der Waals surface area contributed by atoms with Gasteiger partial charge in [-0.05, 0) is 62.1 Å². The van der Waals surface area contributed by atoms with E-state index in [4.69, 9.17) is 16.1 Å². The Labute approximate surface area is 169 Å². The lowest BCUT2D eigenvalue weighted by molar-refractivity contribution is -0.135. The molecule has 3 heterocycles. The molecule has 1 fully saturated rings. The molecule has 1 aromatic carbocycles. The van der Waals surface area contributed by atoms with Crippen molar-refractivity contribution in [1.82, 2.24) is 19.6 Å². The zero-order valence-corrected chi connectivity index (χ0v) is 16.6. The lowest BCUT2D eigenvalue weighted by Crippen LogP contribution is -2.44. The SMILES string of the molecule is CCC1CCCCN1C(=O)Cn1cccc1-c1nc(-c2ccc(Cl)cc2)no1. The molecule has 0 saturated carbocycles. The predicted octanol–water partition coefficient (Wildman–Crippen LogP) is 4.65. The largest absolute Gasteiger partial charge is 0.338 e. The Balaban J connectivity index is 1.53. The number of hydrogen-bond acceptors (Lipinski definition) is 4. The van der Waals surface area contributed by atoms with Crippen LogP contribution in [0.25, 0.3) is 23.0 Å². The molecule has 2 aromatic heterocycles. The van der Waals surface area contributed by atoms with Crippen molar-refractivity contribution < 1.29 is 9.32 Å². The number of carbonyl (C=O) groups excluding carboxylic acids is 1. The van der Waals surface area contributed by atoms with E-state index in [9.17, 15) is 4.79 Å². The Morgan fingerprint density at radius 2 is 2.07 bits per heavy atom. The molecular weight excluding hydrogens is 376 g/mol. The first-order valence-electron chi connectivity index (χ1n) is 9.70. The Morgan fingerprint density at radius 3 is 2.86 bits per heavy atom. The molecule has 146 valence electrons. The van der Waals surface area contributed by atoms with Gasteiger partial charge in [0.15, 0.2) is 0 Å². The van der Waals surface area contributed by atoms with Crippen molar-refractivity contribution in [2.75, 3.05) is 6.54 Å². The van der Waals surface area contributed by atoms with Crippen molar-refractivity contribution in [3.05, 3.63) is 47.6 Å². The van der Waals surface area contributed by atoms with Gasteiger partial charge >= 0.3 is 0 Å². The van der Waals surface area contributed by atoms with E-state index < -0.39 is 0 Å². The van der Waals surface area contributed by atoms with Gasteiger partial charge in [0, 0.05) is 29.4 Å². The number of benzene rings is 1. The van der Waals surface area contributed by atoms with Gasteiger partial charge in [0.25, 0.3) is 5.89 Å². The molecule has 0 radical (unpaired) electrons. The van der Waals surface area contributed by atoms with E-state index in [1.807, 2.05) is 39.9 Å². The number of likely N-dealkylation sites (tertiary alicyclic amines) is 1. The first-order chi connectivity index (χ1) is 13.7. The highest BCUT2D eigenvalue weighted by Crippen LogP contribution is 2.25. The number of piperidine rings is 1. The van der Waals surface area contributed by atoms with Crippen LogP contribution in [-0.4, -0.2) is 38.1 Å². The Hall–Kier alpha value is -2.60. The smallest absolute Gasteiger partial charge is 0.274 e. The maximum absolute atomic E-state index is 12.9. The van der Waals surface area contributed by atoms with E-state index in [0.717, 1.165) is 37.1 Å². The number of nitrogens with zero attached hydrogens (tertiary/aromatic N) is 4. The molecule has 7 heteroatoms. The fraction of sp³-hybridized carbons (Fsp3) is 0.381. The summed E-state index contributed by atoms with van der Waals surface area (Å²) in [5.41, 5.74) is 1.57. The second kappa shape index (κ2) is 8.19. The molecule has 1 aliphatic heterocycles. The normalized spacial score (nSPS) is 17.1. The average molecular weight is 399 g/mol. The topological polar surface area (TPSA) is 64.2 Å². The highest BCUT2D eigenvalue weighted by Gasteiger charge is 2.26. The zero-order valence-electron chi connectivity index (χ0n) is 15.8. The van der Waals surface area contributed by atoms with E-state index in [1.54, 1.807) is 12.1 Å². The van der Waals surface area contributed by atoms with E-state index in [-0.39, 0.29) is 12.5 Å². The number of rotatable bonds is 5. The molecule has 0 spiro atoms. The molecule has 1 amide bonds. The standard InChI is InChI=1S/C21H23ClN4O2/c1-2-17-6-3-4-13-26(17)19(27)14-25-12-5-7-18(25)21-23-20(24-28-21)15-8-10-16(22)11-9-15/h5,7-12,17H,2-4,6,13-14H2,1H3. The van der Waals surface area contributed by atoms with Crippen molar-refractivity contribution in [2.24, 2.45) is 0 Å². The Bertz CT molecular complexity index is 947. The lowest BCUT2D eigenvalue weighted by Gasteiger charge is -2.35. The predicted molar refractivity (Wildman–Crippen MR) is 108 cm³/mol. The fourth-order valence-electron chi connectivity index (χ4n) is 3.78. The summed E-state index contributed by atoms with van der Waals surface area (Å²) in [6.45, 7) is 3.26.